The van der Waals surface area contributed by atoms with Gasteiger partial charge in [0.2, 0.25) is 0 Å². The van der Waals surface area contributed by atoms with Crippen molar-refractivity contribution in [3.8, 4) is 0 Å². The average Bonchev–Trinajstić information content (AvgIpc) is 1.83. The van der Waals surface area contributed by atoms with Crippen LogP contribution in [0.1, 0.15) is 48.5 Å². The van der Waals surface area contributed by atoms with Crippen LogP contribution >= 0.6 is 0 Å². The molecule has 0 radical (unpaired) electrons. The van der Waals surface area contributed by atoms with Gasteiger partial charge in [0.15, 0.2) is 0 Å². The fourth-order valence-electron chi connectivity index (χ4n) is 0.809. The van der Waals surface area contributed by atoms with Crippen molar-refractivity contribution in [1.29, 1.82) is 0 Å². The molecule has 0 aliphatic heterocycles. The van der Waals surface area contributed by atoms with Gasteiger partial charge in [-0.2, -0.15) is 0 Å². The van der Waals surface area contributed by atoms with E-state index >= 15 is 0 Å². The van der Waals surface area contributed by atoms with E-state index in [-0.39, 0.29) is 7.43 Å². The van der Waals surface area contributed by atoms with E-state index in [2.05, 4.69) is 46.8 Å². The summed E-state index contributed by atoms with van der Waals surface area (Å²) < 4.78 is 5.41. The normalized spacial score (nSPS) is 12.2. The summed E-state index contributed by atoms with van der Waals surface area (Å²) in [6.07, 6.45) is 5.81. The Morgan fingerprint density at radius 2 is 1.77 bits per heavy atom. The van der Waals surface area contributed by atoms with Crippen LogP contribution in [0.4, 0.5) is 0 Å². The minimum Gasteiger partial charge on any atom is -0.378 e. The van der Waals surface area contributed by atoms with E-state index in [0.29, 0.717) is 11.5 Å². The van der Waals surface area contributed by atoms with Gasteiger partial charge >= 0.3 is 0 Å². The summed E-state index contributed by atoms with van der Waals surface area (Å²) in [4.78, 5) is 0. The minimum atomic E-state index is 0. The Balaban J connectivity index is 0. The summed E-state index contributed by atoms with van der Waals surface area (Å²) in [5, 5.41) is 0. The molecule has 0 aromatic rings. The largest absolute Gasteiger partial charge is 0.378 e. The zero-order chi connectivity index (χ0) is 9.61. The van der Waals surface area contributed by atoms with Crippen molar-refractivity contribution in [1.82, 2.24) is 0 Å². The molecule has 0 saturated heterocycles. The average molecular weight is 186 g/mol. The molecule has 0 aliphatic rings. The van der Waals surface area contributed by atoms with Gasteiger partial charge in [-0.1, -0.05) is 40.3 Å². The highest BCUT2D eigenvalue weighted by Crippen LogP contribution is 2.14. The molecule has 0 aliphatic carbocycles. The maximum absolute atomic E-state index is 5.41. The first-order valence-corrected chi connectivity index (χ1v) is 4.71. The predicted molar refractivity (Wildman–Crippen MR) is 61.0 cm³/mol. The lowest BCUT2D eigenvalue weighted by molar-refractivity contribution is 0.0825. The number of hydrogen-bond donors (Lipinski definition) is 0. The van der Waals surface area contributed by atoms with Gasteiger partial charge in [0, 0.05) is 0 Å². The van der Waals surface area contributed by atoms with E-state index in [1.54, 1.807) is 0 Å². The van der Waals surface area contributed by atoms with Gasteiger partial charge in [0.1, 0.15) is 0 Å². The lowest BCUT2D eigenvalue weighted by atomic mass is 9.96. The molecule has 0 aromatic heterocycles. The van der Waals surface area contributed by atoms with Crippen LogP contribution in [0.15, 0.2) is 12.2 Å². The number of allylic oxidation sites excluding steroid dienone is 1. The molecule has 0 heterocycles. The second-order valence-corrected chi connectivity index (χ2v) is 4.48. The molecular weight excluding hydrogens is 160 g/mol. The van der Waals surface area contributed by atoms with E-state index in [4.69, 9.17) is 4.74 Å². The number of hydrogen-bond acceptors (Lipinski definition) is 1. The van der Waals surface area contributed by atoms with Crippen LogP contribution in [0, 0.1) is 5.41 Å². The van der Waals surface area contributed by atoms with Crippen LogP contribution in [0.25, 0.3) is 0 Å². The molecule has 1 heteroatoms. The standard InChI is InChI=1S/C11H22O.CH4/c1-10(2)12-9-7-6-8-11(3,4)5;/h6,8,10H,7,9H2,1-5H3;1H4/b8-6+;. The first-order valence-electron chi connectivity index (χ1n) is 4.71. The summed E-state index contributed by atoms with van der Waals surface area (Å²) in [5.41, 5.74) is 0.303. The Morgan fingerprint density at radius 1 is 1.23 bits per heavy atom. The molecule has 0 aromatic carbocycles. The van der Waals surface area contributed by atoms with Crippen LogP contribution in [0.3, 0.4) is 0 Å². The van der Waals surface area contributed by atoms with Crippen molar-refractivity contribution in [2.75, 3.05) is 6.61 Å². The summed E-state index contributed by atoms with van der Waals surface area (Å²) in [7, 11) is 0. The third-order valence-corrected chi connectivity index (χ3v) is 1.35. The first-order chi connectivity index (χ1) is 5.42. The third kappa shape index (κ3) is 14.5. The highest BCUT2D eigenvalue weighted by atomic mass is 16.5. The van der Waals surface area contributed by atoms with Gasteiger partial charge in [-0.25, -0.2) is 0 Å². The van der Waals surface area contributed by atoms with Crippen molar-refractivity contribution < 1.29 is 4.74 Å². The molecule has 80 valence electrons. The van der Waals surface area contributed by atoms with Gasteiger partial charge in [-0.3, -0.25) is 0 Å². The SMILES string of the molecule is C.CC(C)OCC/C=C/C(C)(C)C. The van der Waals surface area contributed by atoms with Crippen molar-refractivity contribution in [3.63, 3.8) is 0 Å². The zero-order valence-electron chi connectivity index (χ0n) is 9.05. The predicted octanol–water partition coefficient (Wildman–Crippen LogP) is 4.04. The van der Waals surface area contributed by atoms with Gasteiger partial charge < -0.3 is 4.74 Å². The first kappa shape index (κ1) is 15.2. The van der Waals surface area contributed by atoms with E-state index in [1.165, 1.54) is 0 Å². The Bertz CT molecular complexity index is 129. The van der Waals surface area contributed by atoms with Crippen LogP contribution in [-0.2, 0) is 4.74 Å². The highest BCUT2D eigenvalue weighted by Gasteiger charge is 2.02. The maximum Gasteiger partial charge on any atom is 0.0519 e. The summed E-state index contributed by atoms with van der Waals surface area (Å²) >= 11 is 0. The molecule has 0 N–H and O–H groups in total. The molecule has 0 rings (SSSR count). The van der Waals surface area contributed by atoms with Gasteiger partial charge in [-0.15, -0.1) is 0 Å². The monoisotopic (exact) mass is 186 g/mol. The molecule has 0 saturated carbocycles. The Labute approximate surface area is 84.2 Å². The molecule has 0 bridgehead atoms. The van der Waals surface area contributed by atoms with E-state index in [9.17, 15) is 0 Å². The number of ether oxygens (including phenoxy) is 1. The molecule has 0 amide bonds. The molecule has 1 nitrogen and oxygen atoms in total. The van der Waals surface area contributed by atoms with Crippen LogP contribution in [0.2, 0.25) is 0 Å². The lowest BCUT2D eigenvalue weighted by Gasteiger charge is -2.11. The maximum atomic E-state index is 5.41. The van der Waals surface area contributed by atoms with Crippen LogP contribution in [-0.4, -0.2) is 12.7 Å². The van der Waals surface area contributed by atoms with Gasteiger partial charge in [0.25, 0.3) is 0 Å². The molecule has 0 spiro atoms. The van der Waals surface area contributed by atoms with E-state index in [0.717, 1.165) is 13.0 Å². The molecule has 0 atom stereocenters. The van der Waals surface area contributed by atoms with Crippen LogP contribution in [0.5, 0.6) is 0 Å². The third-order valence-electron chi connectivity index (χ3n) is 1.35. The fraction of sp³-hybridized carbons (Fsp3) is 0.833. The van der Waals surface area contributed by atoms with E-state index < -0.39 is 0 Å². The smallest absolute Gasteiger partial charge is 0.0519 e. The second-order valence-electron chi connectivity index (χ2n) is 4.48. The summed E-state index contributed by atoms with van der Waals surface area (Å²) in [6, 6.07) is 0. The van der Waals surface area contributed by atoms with Crippen molar-refractivity contribution in [2.45, 2.75) is 54.6 Å². The van der Waals surface area contributed by atoms with Crippen molar-refractivity contribution >= 4 is 0 Å². The molecule has 0 unspecified atom stereocenters. The van der Waals surface area contributed by atoms with E-state index in [1.807, 2.05) is 0 Å². The second kappa shape index (κ2) is 7.14. The molecular formula is C12H26O. The van der Waals surface area contributed by atoms with Crippen molar-refractivity contribution in [3.05, 3.63) is 12.2 Å². The number of rotatable bonds is 4. The van der Waals surface area contributed by atoms with Gasteiger partial charge in [0.05, 0.1) is 12.7 Å². The zero-order valence-corrected chi connectivity index (χ0v) is 9.05. The topological polar surface area (TPSA) is 9.23 Å². The highest BCUT2D eigenvalue weighted by molar-refractivity contribution is 4.91. The minimum absolute atomic E-state index is 0. The van der Waals surface area contributed by atoms with Crippen molar-refractivity contribution in [2.24, 2.45) is 5.41 Å². The lowest BCUT2D eigenvalue weighted by Crippen LogP contribution is -2.03. The summed E-state index contributed by atoms with van der Waals surface area (Å²) in [6.45, 7) is 11.6. The summed E-state index contributed by atoms with van der Waals surface area (Å²) in [5.74, 6) is 0. The van der Waals surface area contributed by atoms with Gasteiger partial charge in [-0.05, 0) is 25.7 Å². The Hall–Kier alpha value is -0.300. The quantitative estimate of drug-likeness (QED) is 0.475. The molecule has 13 heavy (non-hydrogen) atoms. The van der Waals surface area contributed by atoms with Crippen LogP contribution < -0.4 is 0 Å². The Morgan fingerprint density at radius 3 is 2.15 bits per heavy atom. The molecule has 0 fully saturated rings. The fourth-order valence-corrected chi connectivity index (χ4v) is 0.809. The Kier molecular flexibility index (Phi) is 8.34.